The second-order valence-corrected chi connectivity index (χ2v) is 10.3. The lowest BCUT2D eigenvalue weighted by Crippen LogP contribution is -2.49. The van der Waals surface area contributed by atoms with E-state index < -0.39 is 0 Å². The molecule has 0 atom stereocenters. The predicted octanol–water partition coefficient (Wildman–Crippen LogP) is 6.22. The van der Waals surface area contributed by atoms with Gasteiger partial charge in [0.05, 0.1) is 18.8 Å². The second kappa shape index (κ2) is 14.9. The molecular weight excluding hydrogens is 516 g/mol. The van der Waals surface area contributed by atoms with Crippen molar-refractivity contribution in [1.82, 2.24) is 9.80 Å². The zero-order valence-electron chi connectivity index (χ0n) is 23.5. The highest BCUT2D eigenvalue weighted by molar-refractivity contribution is 6.30. The van der Waals surface area contributed by atoms with Crippen LogP contribution in [0.25, 0.3) is 6.08 Å². The summed E-state index contributed by atoms with van der Waals surface area (Å²) in [6.07, 6.45) is 6.48. The quantitative estimate of drug-likeness (QED) is 0.233. The van der Waals surface area contributed by atoms with E-state index in [0.29, 0.717) is 54.8 Å². The summed E-state index contributed by atoms with van der Waals surface area (Å²) in [6.45, 7) is 10.8. The van der Waals surface area contributed by atoms with Gasteiger partial charge in [0.1, 0.15) is 0 Å². The van der Waals surface area contributed by atoms with Gasteiger partial charge in [0.2, 0.25) is 11.7 Å². The minimum absolute atomic E-state index is 0.0125. The zero-order valence-corrected chi connectivity index (χ0v) is 24.2. The van der Waals surface area contributed by atoms with Gasteiger partial charge < -0.3 is 19.5 Å². The van der Waals surface area contributed by atoms with Crippen LogP contribution in [-0.4, -0.2) is 71.5 Å². The van der Waals surface area contributed by atoms with Crippen molar-refractivity contribution in [3.05, 3.63) is 58.6 Å². The van der Waals surface area contributed by atoms with Crippen molar-refractivity contribution < 1.29 is 24.2 Å². The van der Waals surface area contributed by atoms with Crippen LogP contribution < -0.4 is 9.47 Å². The number of Topliss-reactive ketones (excluding diaryl/α,β-unsaturated/α-hetero) is 1. The molecule has 0 spiro atoms. The van der Waals surface area contributed by atoms with Gasteiger partial charge in [0.15, 0.2) is 17.3 Å². The average molecular weight is 557 g/mol. The van der Waals surface area contributed by atoms with E-state index in [1.807, 2.05) is 27.7 Å². The summed E-state index contributed by atoms with van der Waals surface area (Å²) in [4.78, 5) is 29.4. The van der Waals surface area contributed by atoms with Crippen LogP contribution in [0.3, 0.4) is 0 Å². The van der Waals surface area contributed by atoms with Gasteiger partial charge in [-0.1, -0.05) is 39.3 Å². The third kappa shape index (κ3) is 8.73. The van der Waals surface area contributed by atoms with Gasteiger partial charge >= 0.3 is 0 Å². The summed E-state index contributed by atoms with van der Waals surface area (Å²) in [5.74, 6) is 0.645. The molecule has 2 aromatic rings. The molecule has 3 rings (SSSR count). The maximum Gasteiger partial charge on any atom is 0.246 e. The second-order valence-electron chi connectivity index (χ2n) is 9.84. The largest absolute Gasteiger partial charge is 0.502 e. The monoisotopic (exact) mass is 556 g/mol. The number of hydrogen-bond acceptors (Lipinski definition) is 6. The fourth-order valence-electron chi connectivity index (χ4n) is 4.48. The zero-order chi connectivity index (χ0) is 28.4. The van der Waals surface area contributed by atoms with E-state index in [2.05, 4.69) is 4.90 Å². The first-order valence-electron chi connectivity index (χ1n) is 14.0. The normalized spacial score (nSPS) is 14.4. The summed E-state index contributed by atoms with van der Waals surface area (Å²) in [5, 5.41) is 11.5. The summed E-state index contributed by atoms with van der Waals surface area (Å²) in [6, 6.07) is 10.4. The number of phenols is 1. The number of hydrogen-bond donors (Lipinski definition) is 1. The fourth-order valence-corrected chi connectivity index (χ4v) is 4.60. The van der Waals surface area contributed by atoms with Crippen LogP contribution in [-0.2, 0) is 4.79 Å². The third-order valence-electron chi connectivity index (χ3n) is 7.11. The topological polar surface area (TPSA) is 79.3 Å². The molecule has 0 radical (unpaired) electrons. The number of ketones is 1. The molecule has 1 amide bonds. The van der Waals surface area contributed by atoms with Crippen LogP contribution in [0.15, 0.2) is 42.5 Å². The number of aromatic hydroxyl groups is 1. The number of carbonyl (C=O) groups excluding carboxylic acids is 2. The van der Waals surface area contributed by atoms with Crippen LogP contribution >= 0.6 is 11.6 Å². The van der Waals surface area contributed by atoms with Crippen molar-refractivity contribution >= 4 is 29.4 Å². The third-order valence-corrected chi connectivity index (χ3v) is 7.36. The molecule has 39 heavy (non-hydrogen) atoms. The Morgan fingerprint density at radius 2 is 1.41 bits per heavy atom. The lowest BCUT2D eigenvalue weighted by atomic mass is 10.1. The molecule has 212 valence electrons. The summed E-state index contributed by atoms with van der Waals surface area (Å²) >= 11 is 5.92. The van der Waals surface area contributed by atoms with Crippen molar-refractivity contribution in [1.29, 1.82) is 0 Å². The molecule has 1 heterocycles. The van der Waals surface area contributed by atoms with Crippen molar-refractivity contribution in [2.75, 3.05) is 32.7 Å². The Kier molecular flexibility index (Phi) is 11.7. The summed E-state index contributed by atoms with van der Waals surface area (Å²) in [5.41, 5.74) is 1.35. The molecule has 1 N–H and O–H groups in total. The van der Waals surface area contributed by atoms with Gasteiger partial charge in [-0.25, -0.2) is 0 Å². The molecule has 1 fully saturated rings. The number of amides is 1. The average Bonchev–Trinajstić information content (AvgIpc) is 2.95. The van der Waals surface area contributed by atoms with E-state index >= 15 is 0 Å². The number of ether oxygens (including phenoxy) is 2. The number of piperazine rings is 1. The smallest absolute Gasteiger partial charge is 0.246 e. The van der Waals surface area contributed by atoms with Crippen LogP contribution in [0.2, 0.25) is 5.02 Å². The molecule has 7 nitrogen and oxygen atoms in total. The Hall–Kier alpha value is -3.03. The minimum Gasteiger partial charge on any atom is -0.502 e. The minimum atomic E-state index is -0.100. The number of nitrogens with zero attached hydrogens (tertiary/aromatic N) is 2. The number of benzene rings is 2. The first kappa shape index (κ1) is 30.5. The molecule has 0 unspecified atom stereocenters. The highest BCUT2D eigenvalue weighted by atomic mass is 35.5. The Bertz CT molecular complexity index is 1080. The van der Waals surface area contributed by atoms with Crippen molar-refractivity contribution in [2.45, 2.75) is 65.6 Å². The van der Waals surface area contributed by atoms with Gasteiger partial charge in [-0.3, -0.25) is 14.5 Å². The lowest BCUT2D eigenvalue weighted by Gasteiger charge is -2.33. The van der Waals surface area contributed by atoms with Crippen LogP contribution in [0.4, 0.5) is 0 Å². The molecule has 1 aliphatic rings. The molecule has 0 saturated carbocycles. The van der Waals surface area contributed by atoms with Gasteiger partial charge in [0, 0.05) is 42.8 Å². The van der Waals surface area contributed by atoms with Crippen LogP contribution in [0.1, 0.15) is 69.3 Å². The lowest BCUT2D eigenvalue weighted by molar-refractivity contribution is -0.127. The van der Waals surface area contributed by atoms with Crippen molar-refractivity contribution in [3.63, 3.8) is 0 Å². The van der Waals surface area contributed by atoms with E-state index in [9.17, 15) is 14.7 Å². The first-order valence-corrected chi connectivity index (χ1v) is 14.3. The Morgan fingerprint density at radius 1 is 0.897 bits per heavy atom. The molecule has 1 saturated heterocycles. The van der Waals surface area contributed by atoms with E-state index in [0.717, 1.165) is 31.2 Å². The van der Waals surface area contributed by atoms with E-state index in [1.54, 1.807) is 53.5 Å². The van der Waals surface area contributed by atoms with Crippen LogP contribution in [0.5, 0.6) is 17.2 Å². The molecule has 2 aromatic carbocycles. The van der Waals surface area contributed by atoms with Gasteiger partial charge in [-0.05, 0) is 73.7 Å². The van der Waals surface area contributed by atoms with E-state index in [-0.39, 0.29) is 29.6 Å². The molecule has 1 aliphatic heterocycles. The first-order chi connectivity index (χ1) is 18.8. The SMILES string of the molecule is CCC(CC)Oc1cc(C=CC(=O)N2CCN(CC(=O)c3ccc(Cl)cc3)CC2)cc(OC(CC)CC)c1O. The predicted molar refractivity (Wildman–Crippen MR) is 156 cm³/mol. The van der Waals surface area contributed by atoms with Gasteiger partial charge in [-0.2, -0.15) is 0 Å². The van der Waals surface area contributed by atoms with Crippen molar-refractivity contribution in [3.8, 4) is 17.2 Å². The highest BCUT2D eigenvalue weighted by Gasteiger charge is 2.22. The number of rotatable bonds is 13. The molecular formula is C31H41ClN2O5. The Morgan fingerprint density at radius 3 is 1.90 bits per heavy atom. The van der Waals surface area contributed by atoms with E-state index in [1.165, 1.54) is 0 Å². The summed E-state index contributed by atoms with van der Waals surface area (Å²) < 4.78 is 12.2. The maximum absolute atomic E-state index is 13.0. The highest BCUT2D eigenvalue weighted by Crippen LogP contribution is 2.40. The Labute approximate surface area is 237 Å². The van der Waals surface area contributed by atoms with Gasteiger partial charge in [-0.15, -0.1) is 0 Å². The van der Waals surface area contributed by atoms with Crippen LogP contribution in [0, 0.1) is 0 Å². The van der Waals surface area contributed by atoms with Gasteiger partial charge in [0.25, 0.3) is 0 Å². The molecule has 0 bridgehead atoms. The molecule has 8 heteroatoms. The number of halogens is 1. The molecule has 0 aliphatic carbocycles. The Balaban J connectivity index is 1.65. The number of carbonyl (C=O) groups is 2. The number of phenolic OH excluding ortho intramolecular Hbond substituents is 1. The summed E-state index contributed by atoms with van der Waals surface area (Å²) in [7, 11) is 0. The molecule has 0 aromatic heterocycles. The van der Waals surface area contributed by atoms with Crippen molar-refractivity contribution in [2.24, 2.45) is 0 Å². The standard InChI is InChI=1S/C31H41ClN2O5/c1-5-25(6-2)38-28-19-22(20-29(31(28)37)39-26(7-3)8-4)9-14-30(36)34-17-15-33(16-18-34)21-27(35)23-10-12-24(32)13-11-23/h9-14,19-20,25-26,37H,5-8,15-18,21H2,1-4H3. The fraction of sp³-hybridized carbons (Fsp3) is 0.484. The van der Waals surface area contributed by atoms with E-state index in [4.69, 9.17) is 21.1 Å². The maximum atomic E-state index is 13.0.